The van der Waals surface area contributed by atoms with Crippen LogP contribution in [0.1, 0.15) is 23.7 Å². The van der Waals surface area contributed by atoms with Crippen LogP contribution < -0.4 is 5.32 Å². The molecule has 1 amide bonds. The van der Waals surface area contributed by atoms with Gasteiger partial charge >= 0.3 is 0 Å². The number of carbonyl (C=O) groups is 1. The van der Waals surface area contributed by atoms with Gasteiger partial charge in [0.05, 0.1) is 4.92 Å². The fourth-order valence-corrected chi connectivity index (χ4v) is 3.66. The molecule has 1 aromatic rings. The third kappa shape index (κ3) is 2.38. The number of rotatable bonds is 2. The molecular weight excluding hydrogens is 294 g/mol. The highest BCUT2D eigenvalue weighted by molar-refractivity contribution is 6.31. The minimum absolute atomic E-state index is 0.0758. The summed E-state index contributed by atoms with van der Waals surface area (Å²) < 4.78 is 0. The van der Waals surface area contributed by atoms with Gasteiger partial charge in [-0.2, -0.15) is 0 Å². The maximum absolute atomic E-state index is 12.8. The minimum Gasteiger partial charge on any atom is -0.331 e. The van der Waals surface area contributed by atoms with Crippen molar-refractivity contribution in [1.29, 1.82) is 0 Å². The van der Waals surface area contributed by atoms with E-state index in [-0.39, 0.29) is 29.2 Å². The van der Waals surface area contributed by atoms with Crippen LogP contribution in [0.2, 0.25) is 5.02 Å². The van der Waals surface area contributed by atoms with E-state index in [0.29, 0.717) is 10.9 Å². The Balaban J connectivity index is 1.98. The summed E-state index contributed by atoms with van der Waals surface area (Å²) in [5, 5.41) is 14.7. The lowest BCUT2D eigenvalue weighted by molar-refractivity contribution is -0.385. The number of benzene rings is 1. The summed E-state index contributed by atoms with van der Waals surface area (Å²) in [4.78, 5) is 25.2. The number of nitrogens with one attached hydrogen (secondary N) is 1. The first-order valence-electron chi connectivity index (χ1n) is 6.96. The van der Waals surface area contributed by atoms with Gasteiger partial charge in [0.15, 0.2) is 0 Å². The Kier molecular flexibility index (Phi) is 3.59. The molecule has 2 aliphatic rings. The second kappa shape index (κ2) is 5.27. The number of nitro groups is 1. The molecule has 0 radical (unpaired) electrons. The van der Waals surface area contributed by atoms with Crippen molar-refractivity contribution in [2.45, 2.75) is 25.4 Å². The monoisotopic (exact) mass is 309 g/mol. The van der Waals surface area contributed by atoms with Crippen molar-refractivity contribution >= 4 is 23.2 Å². The maximum atomic E-state index is 12.8. The molecule has 0 bridgehead atoms. The number of carbonyl (C=O) groups excluding carboxylic acids is 1. The zero-order valence-corrected chi connectivity index (χ0v) is 12.3. The van der Waals surface area contributed by atoms with Gasteiger partial charge in [0, 0.05) is 36.3 Å². The average molecular weight is 310 g/mol. The van der Waals surface area contributed by atoms with Crippen LogP contribution in [-0.4, -0.2) is 40.9 Å². The maximum Gasteiger partial charge on any atom is 0.282 e. The Morgan fingerprint density at radius 1 is 1.48 bits per heavy atom. The molecule has 2 aliphatic heterocycles. The molecule has 3 rings (SSSR count). The lowest BCUT2D eigenvalue weighted by Gasteiger charge is -2.27. The Bertz CT molecular complexity index is 607. The van der Waals surface area contributed by atoms with Crippen molar-refractivity contribution in [2.24, 2.45) is 5.92 Å². The van der Waals surface area contributed by atoms with Crippen LogP contribution in [0.5, 0.6) is 0 Å². The molecule has 0 spiro atoms. The topological polar surface area (TPSA) is 75.5 Å². The normalized spacial score (nSPS) is 27.7. The lowest BCUT2D eigenvalue weighted by atomic mass is 10.0. The van der Waals surface area contributed by atoms with E-state index in [1.165, 1.54) is 18.2 Å². The molecule has 0 aliphatic carbocycles. The summed E-state index contributed by atoms with van der Waals surface area (Å²) in [5.74, 6) is 0.134. The summed E-state index contributed by atoms with van der Waals surface area (Å²) in [6.45, 7) is 3.64. The number of amides is 1. The Hall–Kier alpha value is -1.66. The number of fused-ring (bicyclic) bond motifs is 1. The molecular formula is C14H16ClN3O3. The second-order valence-corrected chi connectivity index (χ2v) is 6.14. The van der Waals surface area contributed by atoms with Crippen molar-refractivity contribution in [3.63, 3.8) is 0 Å². The van der Waals surface area contributed by atoms with Gasteiger partial charge in [-0.3, -0.25) is 14.9 Å². The van der Waals surface area contributed by atoms with Gasteiger partial charge in [-0.15, -0.1) is 0 Å². The highest BCUT2D eigenvalue weighted by atomic mass is 35.5. The summed E-state index contributed by atoms with van der Waals surface area (Å²) in [6.07, 6.45) is 0.928. The summed E-state index contributed by atoms with van der Waals surface area (Å²) in [5.41, 5.74) is -0.113. The Morgan fingerprint density at radius 2 is 2.24 bits per heavy atom. The molecule has 21 heavy (non-hydrogen) atoms. The molecule has 2 heterocycles. The van der Waals surface area contributed by atoms with Crippen LogP contribution in [0, 0.1) is 16.0 Å². The molecule has 7 heteroatoms. The third-order valence-corrected chi connectivity index (χ3v) is 4.64. The lowest BCUT2D eigenvalue weighted by Crippen LogP contribution is -2.43. The Labute approximate surface area is 127 Å². The van der Waals surface area contributed by atoms with Crippen LogP contribution in [0.4, 0.5) is 5.69 Å². The van der Waals surface area contributed by atoms with Crippen molar-refractivity contribution in [1.82, 2.24) is 10.2 Å². The molecule has 0 aromatic heterocycles. The molecule has 2 fully saturated rings. The van der Waals surface area contributed by atoms with E-state index in [1.54, 1.807) is 4.90 Å². The first kappa shape index (κ1) is 14.3. The van der Waals surface area contributed by atoms with Gasteiger partial charge < -0.3 is 10.2 Å². The van der Waals surface area contributed by atoms with Gasteiger partial charge in [-0.05, 0) is 31.4 Å². The van der Waals surface area contributed by atoms with E-state index in [9.17, 15) is 14.9 Å². The molecule has 112 valence electrons. The highest BCUT2D eigenvalue weighted by Crippen LogP contribution is 2.35. The van der Waals surface area contributed by atoms with E-state index in [4.69, 9.17) is 11.6 Å². The molecule has 6 nitrogen and oxygen atoms in total. The molecule has 1 N–H and O–H groups in total. The van der Waals surface area contributed by atoms with Crippen molar-refractivity contribution in [3.05, 3.63) is 38.9 Å². The number of halogens is 1. The number of hydrogen-bond acceptors (Lipinski definition) is 4. The highest BCUT2D eigenvalue weighted by Gasteiger charge is 2.45. The standard InChI is InChI=1S/C14H16ClN3O3/c1-8-4-9-6-16-7-13(9)17(8)14(19)11-5-10(15)2-3-12(11)18(20)21/h2-3,5,8-9,13,16H,4,6-7H2,1H3. The van der Waals surface area contributed by atoms with E-state index < -0.39 is 4.92 Å². The largest absolute Gasteiger partial charge is 0.331 e. The van der Waals surface area contributed by atoms with Crippen LogP contribution in [0.15, 0.2) is 18.2 Å². The summed E-state index contributed by atoms with van der Waals surface area (Å²) in [6, 6.07) is 4.33. The zero-order valence-electron chi connectivity index (χ0n) is 11.6. The number of nitro benzene ring substituents is 1. The zero-order chi connectivity index (χ0) is 15.1. The first-order valence-corrected chi connectivity index (χ1v) is 7.34. The van der Waals surface area contributed by atoms with E-state index in [2.05, 4.69) is 5.32 Å². The predicted molar refractivity (Wildman–Crippen MR) is 78.5 cm³/mol. The first-order chi connectivity index (χ1) is 9.99. The smallest absolute Gasteiger partial charge is 0.282 e. The van der Waals surface area contributed by atoms with Crippen molar-refractivity contribution in [2.75, 3.05) is 13.1 Å². The number of nitrogens with zero attached hydrogens (tertiary/aromatic N) is 2. The SMILES string of the molecule is CC1CC2CNCC2N1C(=O)c1cc(Cl)ccc1[N+](=O)[O-]. The van der Waals surface area contributed by atoms with E-state index in [0.717, 1.165) is 19.5 Å². The fourth-order valence-electron chi connectivity index (χ4n) is 3.49. The van der Waals surface area contributed by atoms with Crippen LogP contribution in [0.25, 0.3) is 0 Å². The quantitative estimate of drug-likeness (QED) is 0.670. The molecule has 3 atom stereocenters. The summed E-state index contributed by atoms with van der Waals surface area (Å²) >= 11 is 5.91. The summed E-state index contributed by atoms with van der Waals surface area (Å²) in [7, 11) is 0. The van der Waals surface area contributed by atoms with Crippen LogP contribution >= 0.6 is 11.6 Å². The molecule has 0 saturated carbocycles. The average Bonchev–Trinajstić information content (AvgIpc) is 2.97. The second-order valence-electron chi connectivity index (χ2n) is 5.70. The van der Waals surface area contributed by atoms with Crippen molar-refractivity contribution < 1.29 is 9.72 Å². The van der Waals surface area contributed by atoms with Crippen LogP contribution in [0.3, 0.4) is 0 Å². The molecule has 3 unspecified atom stereocenters. The van der Waals surface area contributed by atoms with Gasteiger partial charge in [0.1, 0.15) is 5.56 Å². The molecule has 1 aromatic carbocycles. The van der Waals surface area contributed by atoms with Gasteiger partial charge in [0.25, 0.3) is 11.6 Å². The molecule has 2 saturated heterocycles. The van der Waals surface area contributed by atoms with Crippen LogP contribution in [-0.2, 0) is 0 Å². The number of hydrogen-bond donors (Lipinski definition) is 1. The van der Waals surface area contributed by atoms with Gasteiger partial charge in [-0.1, -0.05) is 11.6 Å². The van der Waals surface area contributed by atoms with Gasteiger partial charge in [0.2, 0.25) is 0 Å². The van der Waals surface area contributed by atoms with E-state index in [1.807, 2.05) is 6.92 Å². The minimum atomic E-state index is -0.533. The van der Waals surface area contributed by atoms with Crippen molar-refractivity contribution in [3.8, 4) is 0 Å². The van der Waals surface area contributed by atoms with Gasteiger partial charge in [-0.25, -0.2) is 0 Å². The predicted octanol–water partition coefficient (Wildman–Crippen LogP) is 2.07. The van der Waals surface area contributed by atoms with E-state index >= 15 is 0 Å². The third-order valence-electron chi connectivity index (χ3n) is 4.40. The fraction of sp³-hybridized carbons (Fsp3) is 0.500. The Morgan fingerprint density at radius 3 is 2.95 bits per heavy atom. The number of likely N-dealkylation sites (tertiary alicyclic amines) is 1.